The summed E-state index contributed by atoms with van der Waals surface area (Å²) in [7, 11) is 0. The smallest absolute Gasteiger partial charge is 0.238 e. The maximum absolute atomic E-state index is 10.7. The van der Waals surface area contributed by atoms with E-state index in [1.54, 1.807) is 0 Å². The van der Waals surface area contributed by atoms with Gasteiger partial charge in [0.2, 0.25) is 5.91 Å². The molecule has 1 rings (SSSR count). The van der Waals surface area contributed by atoms with Crippen LogP contribution in [0.1, 0.15) is 5.56 Å². The van der Waals surface area contributed by atoms with Gasteiger partial charge in [-0.2, -0.15) is 0 Å². The number of nitrogens with one attached hydrogen (secondary N) is 1. The zero-order valence-electron chi connectivity index (χ0n) is 6.49. The van der Waals surface area contributed by atoms with E-state index in [9.17, 15) is 4.79 Å². The zero-order chi connectivity index (χ0) is 8.10. The van der Waals surface area contributed by atoms with Crippen molar-refractivity contribution < 1.29 is 4.79 Å². The minimum Gasteiger partial charge on any atom is -0.294 e. The number of carbonyl (C=O) groups is 1. The second-order valence-electron chi connectivity index (χ2n) is 2.23. The molecule has 3 N–H and O–H groups in total. The lowest BCUT2D eigenvalue weighted by Crippen LogP contribution is -2.31. The van der Waals surface area contributed by atoms with E-state index in [2.05, 4.69) is 5.43 Å². The second kappa shape index (κ2) is 5.57. The Kier molecular flexibility index (Phi) is 5.08. The van der Waals surface area contributed by atoms with Gasteiger partial charge in [-0.1, -0.05) is 30.3 Å². The van der Waals surface area contributed by atoms with Crippen LogP contribution >= 0.6 is 12.4 Å². The predicted octanol–water partition coefficient (Wildman–Crippen LogP) is 0.641. The third-order valence-electron chi connectivity index (χ3n) is 1.37. The molecular weight excluding hydrogens is 176 g/mol. The second-order valence-corrected chi connectivity index (χ2v) is 2.23. The van der Waals surface area contributed by atoms with Gasteiger partial charge in [0, 0.05) is 0 Å². The van der Waals surface area contributed by atoms with Crippen molar-refractivity contribution in [2.24, 2.45) is 5.84 Å². The summed E-state index contributed by atoms with van der Waals surface area (Å²) >= 11 is 0. The van der Waals surface area contributed by atoms with Crippen molar-refractivity contribution in [1.29, 1.82) is 0 Å². The first-order valence-corrected chi connectivity index (χ1v) is 3.36. The van der Waals surface area contributed by atoms with E-state index in [1.165, 1.54) is 0 Å². The van der Waals surface area contributed by atoms with Gasteiger partial charge in [0.05, 0.1) is 6.42 Å². The summed E-state index contributed by atoms with van der Waals surface area (Å²) in [6, 6.07) is 9.45. The van der Waals surface area contributed by atoms with Gasteiger partial charge < -0.3 is 0 Å². The minimum atomic E-state index is -0.170. The van der Waals surface area contributed by atoms with Gasteiger partial charge in [-0.25, -0.2) is 5.84 Å². The highest BCUT2D eigenvalue weighted by atomic mass is 35.5. The summed E-state index contributed by atoms with van der Waals surface area (Å²) in [6.07, 6.45) is 0.345. The van der Waals surface area contributed by atoms with Crippen LogP contribution in [-0.4, -0.2) is 5.91 Å². The Morgan fingerprint density at radius 3 is 2.42 bits per heavy atom. The Bertz CT molecular complexity index is 238. The monoisotopic (exact) mass is 186 g/mol. The van der Waals surface area contributed by atoms with Crippen molar-refractivity contribution in [3.8, 4) is 0 Å². The van der Waals surface area contributed by atoms with Crippen LogP contribution in [0.25, 0.3) is 0 Å². The quantitative estimate of drug-likeness (QED) is 0.405. The van der Waals surface area contributed by atoms with Crippen molar-refractivity contribution in [2.45, 2.75) is 6.42 Å². The van der Waals surface area contributed by atoms with Gasteiger partial charge in [-0.05, 0) is 5.56 Å². The molecule has 0 saturated heterocycles. The van der Waals surface area contributed by atoms with Gasteiger partial charge in [0.25, 0.3) is 0 Å². The van der Waals surface area contributed by atoms with Crippen molar-refractivity contribution in [3.05, 3.63) is 35.9 Å². The van der Waals surface area contributed by atoms with Gasteiger partial charge in [0.15, 0.2) is 0 Å². The lowest BCUT2D eigenvalue weighted by molar-refractivity contribution is -0.120. The average molecular weight is 187 g/mol. The molecule has 0 aromatic heterocycles. The summed E-state index contributed by atoms with van der Waals surface area (Å²) < 4.78 is 0. The van der Waals surface area contributed by atoms with E-state index >= 15 is 0 Å². The number of hydrogen-bond acceptors (Lipinski definition) is 2. The van der Waals surface area contributed by atoms with Crippen molar-refractivity contribution in [1.82, 2.24) is 5.43 Å². The maximum atomic E-state index is 10.7. The van der Waals surface area contributed by atoms with Crippen LogP contribution in [-0.2, 0) is 11.2 Å². The van der Waals surface area contributed by atoms with Crippen molar-refractivity contribution in [3.63, 3.8) is 0 Å². The third-order valence-corrected chi connectivity index (χ3v) is 1.37. The van der Waals surface area contributed by atoms with Crippen molar-refractivity contribution >= 4 is 18.3 Å². The summed E-state index contributed by atoms with van der Waals surface area (Å²) in [6.45, 7) is 0. The van der Waals surface area contributed by atoms with Crippen LogP contribution in [0.3, 0.4) is 0 Å². The van der Waals surface area contributed by atoms with Crippen LogP contribution < -0.4 is 11.3 Å². The third kappa shape index (κ3) is 3.37. The fraction of sp³-hybridized carbons (Fsp3) is 0.125. The Labute approximate surface area is 77.3 Å². The number of amides is 1. The highest BCUT2D eigenvalue weighted by Gasteiger charge is 1.98. The Balaban J connectivity index is 0.00000121. The van der Waals surface area contributed by atoms with Crippen LogP contribution in [0.15, 0.2) is 30.3 Å². The Hall–Kier alpha value is -1.06. The van der Waals surface area contributed by atoms with Gasteiger partial charge in [-0.3, -0.25) is 10.2 Å². The number of carbonyl (C=O) groups excluding carboxylic acids is 1. The molecule has 3 nitrogen and oxygen atoms in total. The van der Waals surface area contributed by atoms with E-state index in [0.717, 1.165) is 5.56 Å². The molecule has 1 aromatic rings. The standard InChI is InChI=1S/C8H10N2O.ClH/c9-10-8(11)6-7-4-2-1-3-5-7;/h1-5H,6,9H2,(H,10,11);1H. The normalized spacial score (nSPS) is 8.42. The van der Waals surface area contributed by atoms with Crippen LogP contribution in [0.4, 0.5) is 0 Å². The first-order valence-electron chi connectivity index (χ1n) is 3.36. The Morgan fingerprint density at radius 2 is 1.92 bits per heavy atom. The number of halogens is 1. The molecule has 0 atom stereocenters. The number of hydrogen-bond donors (Lipinski definition) is 2. The highest BCUT2D eigenvalue weighted by molar-refractivity contribution is 5.85. The summed E-state index contributed by atoms with van der Waals surface area (Å²) in [5.41, 5.74) is 3.04. The van der Waals surface area contributed by atoms with Crippen molar-refractivity contribution in [2.75, 3.05) is 0 Å². The molecule has 1 amide bonds. The molecule has 0 aliphatic heterocycles. The fourth-order valence-electron chi connectivity index (χ4n) is 0.832. The molecule has 1 aromatic carbocycles. The first-order chi connectivity index (χ1) is 5.33. The molecule has 0 spiro atoms. The van der Waals surface area contributed by atoms with Gasteiger partial charge in [-0.15, -0.1) is 12.4 Å². The molecule has 12 heavy (non-hydrogen) atoms. The summed E-state index contributed by atoms with van der Waals surface area (Å²) in [5.74, 6) is 4.75. The molecule has 0 bridgehead atoms. The van der Waals surface area contributed by atoms with E-state index in [4.69, 9.17) is 5.84 Å². The predicted molar refractivity (Wildman–Crippen MR) is 49.7 cm³/mol. The maximum Gasteiger partial charge on any atom is 0.238 e. The van der Waals surface area contributed by atoms with E-state index in [0.29, 0.717) is 6.42 Å². The fourth-order valence-corrected chi connectivity index (χ4v) is 0.832. The SMILES string of the molecule is Cl.NNC(=O)Cc1ccccc1. The topological polar surface area (TPSA) is 55.1 Å². The lowest BCUT2D eigenvalue weighted by Gasteiger charge is -1.97. The van der Waals surface area contributed by atoms with E-state index in [-0.39, 0.29) is 18.3 Å². The number of benzene rings is 1. The molecule has 0 saturated carbocycles. The molecular formula is C8H11ClN2O. The minimum absolute atomic E-state index is 0. The molecule has 66 valence electrons. The van der Waals surface area contributed by atoms with Crippen LogP contribution in [0.5, 0.6) is 0 Å². The number of hydrazine groups is 1. The molecule has 0 unspecified atom stereocenters. The molecule has 0 aliphatic rings. The Morgan fingerprint density at radius 1 is 1.33 bits per heavy atom. The van der Waals surface area contributed by atoms with Gasteiger partial charge in [0.1, 0.15) is 0 Å². The lowest BCUT2D eigenvalue weighted by atomic mass is 10.1. The molecule has 0 heterocycles. The van der Waals surface area contributed by atoms with Gasteiger partial charge >= 0.3 is 0 Å². The van der Waals surface area contributed by atoms with Crippen LogP contribution in [0.2, 0.25) is 0 Å². The molecule has 0 fully saturated rings. The number of nitrogens with two attached hydrogens (primary N) is 1. The highest BCUT2D eigenvalue weighted by Crippen LogP contribution is 1.98. The van der Waals surface area contributed by atoms with E-state index in [1.807, 2.05) is 30.3 Å². The summed E-state index contributed by atoms with van der Waals surface area (Å²) in [5, 5.41) is 0. The molecule has 4 heteroatoms. The van der Waals surface area contributed by atoms with E-state index < -0.39 is 0 Å². The van der Waals surface area contributed by atoms with Crippen LogP contribution in [0, 0.1) is 0 Å². The number of rotatable bonds is 2. The molecule has 0 aliphatic carbocycles. The zero-order valence-corrected chi connectivity index (χ0v) is 7.30. The summed E-state index contributed by atoms with van der Waals surface area (Å²) in [4.78, 5) is 10.7. The first kappa shape index (κ1) is 10.9. The molecule has 0 radical (unpaired) electrons. The largest absolute Gasteiger partial charge is 0.294 e. The average Bonchev–Trinajstić information content (AvgIpc) is 2.06.